The third-order valence-electron chi connectivity index (χ3n) is 2.95. The molecule has 0 bridgehead atoms. The lowest BCUT2D eigenvalue weighted by Gasteiger charge is -2.15. The molecule has 8 nitrogen and oxygen atoms in total. The van der Waals surface area contributed by atoms with Gasteiger partial charge in [0.05, 0.1) is 18.4 Å². The molecule has 0 radical (unpaired) electrons. The van der Waals surface area contributed by atoms with Crippen LogP contribution in [-0.4, -0.2) is 38.6 Å². The van der Waals surface area contributed by atoms with Crippen molar-refractivity contribution in [1.82, 2.24) is 4.72 Å². The van der Waals surface area contributed by atoms with E-state index in [0.29, 0.717) is 16.9 Å². The zero-order valence-electron chi connectivity index (χ0n) is 12.4. The molecule has 1 aromatic rings. The number of aliphatic carboxylic acids is 1. The Labute approximate surface area is 128 Å². The maximum Gasteiger partial charge on any atom is 0.322 e. The van der Waals surface area contributed by atoms with E-state index < -0.39 is 34.4 Å². The van der Waals surface area contributed by atoms with E-state index in [4.69, 9.17) is 15.6 Å². The smallest absolute Gasteiger partial charge is 0.322 e. The average molecular weight is 330 g/mol. The summed E-state index contributed by atoms with van der Waals surface area (Å²) in [4.78, 5) is 21.7. The summed E-state index contributed by atoms with van der Waals surface area (Å²) in [6, 6.07) is 1.10. The molecule has 0 unspecified atom stereocenters. The number of nitrogens with one attached hydrogen (secondary N) is 1. The summed E-state index contributed by atoms with van der Waals surface area (Å²) in [6.45, 7) is 3.34. The third-order valence-corrected chi connectivity index (χ3v) is 4.40. The number of nitrogens with two attached hydrogens (primary N) is 1. The predicted molar refractivity (Wildman–Crippen MR) is 78.0 cm³/mol. The van der Waals surface area contributed by atoms with Crippen LogP contribution >= 0.6 is 0 Å². The molecule has 4 N–H and O–H groups in total. The van der Waals surface area contributed by atoms with E-state index in [9.17, 15) is 18.0 Å². The minimum absolute atomic E-state index is 0.112. The molecule has 0 fully saturated rings. The molecule has 1 amide bonds. The molecule has 0 saturated carbocycles. The molecule has 9 heteroatoms. The fourth-order valence-corrected chi connectivity index (χ4v) is 3.38. The number of hydrogen-bond donors (Lipinski definition) is 3. The summed E-state index contributed by atoms with van der Waals surface area (Å²) in [5.41, 5.74) is 6.10. The first-order chi connectivity index (χ1) is 10.1. The highest BCUT2D eigenvalue weighted by molar-refractivity contribution is 7.89. The van der Waals surface area contributed by atoms with Crippen LogP contribution in [0.5, 0.6) is 5.75 Å². The van der Waals surface area contributed by atoms with Gasteiger partial charge < -0.3 is 15.6 Å². The molecular weight excluding hydrogens is 312 g/mol. The summed E-state index contributed by atoms with van der Waals surface area (Å²) in [5.74, 6) is -1.85. The van der Waals surface area contributed by atoms with Crippen molar-refractivity contribution < 1.29 is 27.9 Å². The highest BCUT2D eigenvalue weighted by atomic mass is 32.2. The number of carboxylic acid groups (broad SMARTS) is 1. The predicted octanol–water partition coefficient (Wildman–Crippen LogP) is -0.0811. The maximum atomic E-state index is 12.3. The quantitative estimate of drug-likeness (QED) is 0.639. The Kier molecular flexibility index (Phi) is 5.50. The van der Waals surface area contributed by atoms with E-state index >= 15 is 0 Å². The molecule has 0 spiro atoms. The Hall–Kier alpha value is -2.13. The molecule has 22 heavy (non-hydrogen) atoms. The Morgan fingerprint density at radius 3 is 2.18 bits per heavy atom. The fraction of sp³-hybridized carbons (Fsp3) is 0.385. The zero-order valence-corrected chi connectivity index (χ0v) is 13.2. The average Bonchev–Trinajstić information content (AvgIpc) is 2.36. The van der Waals surface area contributed by atoms with Crippen LogP contribution in [0.4, 0.5) is 0 Å². The molecule has 1 atom stereocenters. The number of amides is 1. The van der Waals surface area contributed by atoms with Crippen molar-refractivity contribution in [3.05, 3.63) is 23.3 Å². The van der Waals surface area contributed by atoms with Crippen LogP contribution in [0.15, 0.2) is 17.0 Å². The van der Waals surface area contributed by atoms with Gasteiger partial charge in [0.2, 0.25) is 15.9 Å². The normalized spacial score (nSPS) is 12.7. The van der Waals surface area contributed by atoms with Crippen LogP contribution in [0.1, 0.15) is 17.5 Å². The topological polar surface area (TPSA) is 136 Å². The van der Waals surface area contributed by atoms with Crippen LogP contribution in [0.25, 0.3) is 0 Å². The Bertz CT molecular complexity index is 675. The lowest BCUT2D eigenvalue weighted by molar-refractivity contribution is -0.140. The minimum atomic E-state index is -4.11. The summed E-state index contributed by atoms with van der Waals surface area (Å²) in [5, 5.41) is 8.97. The van der Waals surface area contributed by atoms with E-state index in [1.54, 1.807) is 13.8 Å². The molecule has 122 valence electrons. The number of rotatable bonds is 7. The van der Waals surface area contributed by atoms with Gasteiger partial charge in [-0.1, -0.05) is 0 Å². The molecule has 0 heterocycles. The zero-order chi connectivity index (χ0) is 17.1. The van der Waals surface area contributed by atoms with Crippen molar-refractivity contribution in [3.63, 3.8) is 0 Å². The Morgan fingerprint density at radius 1 is 1.32 bits per heavy atom. The van der Waals surface area contributed by atoms with E-state index in [1.807, 2.05) is 4.72 Å². The molecule has 0 aliphatic carbocycles. The highest BCUT2D eigenvalue weighted by Crippen LogP contribution is 2.26. The van der Waals surface area contributed by atoms with Crippen molar-refractivity contribution >= 4 is 21.9 Å². The van der Waals surface area contributed by atoms with Gasteiger partial charge in [0.25, 0.3) is 0 Å². The lowest BCUT2D eigenvalue weighted by atomic mass is 10.1. The van der Waals surface area contributed by atoms with Crippen LogP contribution in [0, 0.1) is 13.8 Å². The highest BCUT2D eigenvalue weighted by Gasteiger charge is 2.27. The second-order valence-corrected chi connectivity index (χ2v) is 6.49. The molecule has 1 rings (SSSR count). The van der Waals surface area contributed by atoms with E-state index in [2.05, 4.69) is 0 Å². The second-order valence-electron chi connectivity index (χ2n) is 4.77. The van der Waals surface area contributed by atoms with Gasteiger partial charge in [-0.05, 0) is 37.1 Å². The molecular formula is C13H18N2O6S. The number of ether oxygens (including phenoxy) is 1. The van der Waals surface area contributed by atoms with Crippen LogP contribution in [0.2, 0.25) is 0 Å². The number of carboxylic acids is 1. The van der Waals surface area contributed by atoms with Gasteiger partial charge in [-0.2, -0.15) is 4.72 Å². The first-order valence-corrected chi connectivity index (χ1v) is 7.75. The largest absolute Gasteiger partial charge is 0.496 e. The van der Waals surface area contributed by atoms with Gasteiger partial charge in [-0.15, -0.1) is 0 Å². The van der Waals surface area contributed by atoms with Crippen LogP contribution in [0.3, 0.4) is 0 Å². The molecule has 0 saturated heterocycles. The van der Waals surface area contributed by atoms with Crippen molar-refractivity contribution in [2.75, 3.05) is 7.11 Å². The summed E-state index contributed by atoms with van der Waals surface area (Å²) in [6.07, 6.45) is -0.636. The van der Waals surface area contributed by atoms with Gasteiger partial charge in [0.1, 0.15) is 11.8 Å². The van der Waals surface area contributed by atoms with Crippen molar-refractivity contribution in [1.29, 1.82) is 0 Å². The van der Waals surface area contributed by atoms with Gasteiger partial charge in [0, 0.05) is 0 Å². The summed E-state index contributed by atoms with van der Waals surface area (Å²) >= 11 is 0. The Morgan fingerprint density at radius 2 is 1.82 bits per heavy atom. The van der Waals surface area contributed by atoms with E-state index in [0.717, 1.165) is 0 Å². The number of methoxy groups -OCH3 is 1. The number of primary amides is 1. The van der Waals surface area contributed by atoms with Gasteiger partial charge in [0.15, 0.2) is 0 Å². The van der Waals surface area contributed by atoms with Crippen LogP contribution in [-0.2, 0) is 19.6 Å². The van der Waals surface area contributed by atoms with Crippen LogP contribution < -0.4 is 15.2 Å². The van der Waals surface area contributed by atoms with Gasteiger partial charge >= 0.3 is 5.97 Å². The Balaban J connectivity index is 3.18. The van der Waals surface area contributed by atoms with Crippen molar-refractivity contribution in [2.45, 2.75) is 31.2 Å². The summed E-state index contributed by atoms with van der Waals surface area (Å²) in [7, 11) is -2.65. The molecule has 1 aromatic carbocycles. The van der Waals surface area contributed by atoms with Crippen molar-refractivity contribution in [3.8, 4) is 5.75 Å². The summed E-state index contributed by atoms with van der Waals surface area (Å²) < 4.78 is 31.6. The van der Waals surface area contributed by atoms with Gasteiger partial charge in [-0.3, -0.25) is 9.59 Å². The first-order valence-electron chi connectivity index (χ1n) is 6.27. The number of carbonyl (C=O) groups is 2. The number of sulfonamides is 1. The number of hydrogen-bond acceptors (Lipinski definition) is 5. The number of benzene rings is 1. The minimum Gasteiger partial charge on any atom is -0.496 e. The second kappa shape index (κ2) is 6.75. The third kappa shape index (κ3) is 4.18. The lowest BCUT2D eigenvalue weighted by Crippen LogP contribution is -2.43. The molecule has 0 aliphatic rings. The van der Waals surface area contributed by atoms with E-state index in [-0.39, 0.29) is 4.90 Å². The van der Waals surface area contributed by atoms with Crippen molar-refractivity contribution in [2.24, 2.45) is 5.73 Å². The first kappa shape index (κ1) is 17.9. The fourth-order valence-electron chi connectivity index (χ4n) is 2.02. The maximum absolute atomic E-state index is 12.3. The monoisotopic (exact) mass is 330 g/mol. The van der Waals surface area contributed by atoms with E-state index in [1.165, 1.54) is 19.2 Å². The number of aryl methyl sites for hydroxylation is 2. The standard InChI is InChI=1S/C13H18N2O6S/c1-7-4-9(5-8(2)12(7)21-3)22(19,20)15-10(13(17)18)6-11(14)16/h4-5,10,15H,6H2,1-3H3,(H2,14,16)(H,17,18)/t10-/m1/s1. The van der Waals surface area contributed by atoms with Gasteiger partial charge in [-0.25, -0.2) is 8.42 Å². The SMILES string of the molecule is COc1c(C)cc(S(=O)(=O)N[C@H](CC(N)=O)C(=O)O)cc1C. The number of carbonyl (C=O) groups excluding carboxylic acids is 1. The molecule has 0 aliphatic heterocycles. The molecule has 0 aromatic heterocycles.